The number of rotatable bonds is 4. The first-order chi connectivity index (χ1) is 9.18. The van der Waals surface area contributed by atoms with Gasteiger partial charge < -0.3 is 0 Å². The number of aromatic nitrogens is 5. The zero-order valence-corrected chi connectivity index (χ0v) is 13.4. The van der Waals surface area contributed by atoms with E-state index in [4.69, 9.17) is 0 Å². The number of hydrogen-bond donors (Lipinski definition) is 0. The van der Waals surface area contributed by atoms with Crippen LogP contribution in [0.4, 0.5) is 0 Å². The molecule has 2 aromatic heterocycles. The Kier molecular flexibility index (Phi) is 3.71. The van der Waals surface area contributed by atoms with Gasteiger partial charge in [-0.1, -0.05) is 34.6 Å². The Morgan fingerprint density at radius 3 is 2.30 bits per heavy atom. The van der Waals surface area contributed by atoms with Gasteiger partial charge >= 0.3 is 0 Å². The fourth-order valence-corrected chi connectivity index (χ4v) is 2.04. The minimum Gasteiger partial charge on any atom is -0.276 e. The molecule has 0 saturated heterocycles. The van der Waals surface area contributed by atoms with Crippen LogP contribution in [0.15, 0.2) is 18.6 Å². The fourth-order valence-electron chi connectivity index (χ4n) is 2.04. The minimum atomic E-state index is 0.00174. The van der Waals surface area contributed by atoms with Crippen molar-refractivity contribution in [3.8, 4) is 0 Å². The van der Waals surface area contributed by atoms with Crippen LogP contribution in [0, 0.1) is 0 Å². The van der Waals surface area contributed by atoms with E-state index in [2.05, 4.69) is 55.9 Å². The summed E-state index contributed by atoms with van der Waals surface area (Å²) < 4.78 is 3.79. The summed E-state index contributed by atoms with van der Waals surface area (Å²) in [7, 11) is 1.95. The fraction of sp³-hybridized carbons (Fsp3) is 0.667. The Hall–Kier alpha value is -1.65. The van der Waals surface area contributed by atoms with E-state index in [1.807, 2.05) is 28.9 Å². The SMILES string of the molecule is Cn1ccc(C(C)(C)CCn2cnc(C(C)(C)C)n2)n1. The van der Waals surface area contributed by atoms with Gasteiger partial charge in [-0.2, -0.15) is 10.2 Å². The van der Waals surface area contributed by atoms with Crippen molar-refractivity contribution < 1.29 is 0 Å². The van der Waals surface area contributed by atoms with E-state index in [1.165, 1.54) is 0 Å². The van der Waals surface area contributed by atoms with Gasteiger partial charge in [-0.15, -0.1) is 0 Å². The summed E-state index contributed by atoms with van der Waals surface area (Å²) >= 11 is 0. The molecule has 20 heavy (non-hydrogen) atoms. The van der Waals surface area contributed by atoms with Crippen LogP contribution in [0.2, 0.25) is 0 Å². The predicted octanol–water partition coefficient (Wildman–Crippen LogP) is 2.68. The Bertz CT molecular complexity index is 571. The minimum absolute atomic E-state index is 0.00174. The van der Waals surface area contributed by atoms with Gasteiger partial charge in [-0.25, -0.2) is 4.98 Å². The van der Waals surface area contributed by atoms with Gasteiger partial charge in [0.05, 0.1) is 5.69 Å². The lowest BCUT2D eigenvalue weighted by Gasteiger charge is -2.22. The van der Waals surface area contributed by atoms with Gasteiger partial charge in [0.1, 0.15) is 6.33 Å². The third kappa shape index (κ3) is 3.26. The maximum absolute atomic E-state index is 4.56. The third-order valence-corrected chi connectivity index (χ3v) is 3.58. The van der Waals surface area contributed by atoms with Crippen LogP contribution in [0.1, 0.15) is 52.6 Å². The average Bonchev–Trinajstić information content (AvgIpc) is 2.94. The summed E-state index contributed by atoms with van der Waals surface area (Å²) in [5, 5.41) is 9.07. The summed E-state index contributed by atoms with van der Waals surface area (Å²) in [6, 6.07) is 2.09. The van der Waals surface area contributed by atoms with E-state index in [-0.39, 0.29) is 10.8 Å². The van der Waals surface area contributed by atoms with Gasteiger partial charge in [0, 0.05) is 30.6 Å². The average molecular weight is 275 g/mol. The lowest BCUT2D eigenvalue weighted by molar-refractivity contribution is 0.404. The zero-order valence-electron chi connectivity index (χ0n) is 13.4. The van der Waals surface area contributed by atoms with Crippen LogP contribution in [0.25, 0.3) is 0 Å². The van der Waals surface area contributed by atoms with Crippen LogP contribution in [0.3, 0.4) is 0 Å². The van der Waals surface area contributed by atoms with Gasteiger partial charge in [-0.05, 0) is 12.5 Å². The molecule has 0 radical (unpaired) electrons. The van der Waals surface area contributed by atoms with E-state index in [0.717, 1.165) is 24.5 Å². The highest BCUT2D eigenvalue weighted by Crippen LogP contribution is 2.26. The summed E-state index contributed by atoms with van der Waals surface area (Å²) in [6.45, 7) is 11.7. The highest BCUT2D eigenvalue weighted by Gasteiger charge is 2.24. The molecular formula is C15H25N5. The molecule has 5 nitrogen and oxygen atoms in total. The first-order valence-corrected chi connectivity index (χ1v) is 7.08. The topological polar surface area (TPSA) is 48.5 Å². The maximum Gasteiger partial charge on any atom is 0.155 e. The highest BCUT2D eigenvalue weighted by atomic mass is 15.3. The Labute approximate surface area is 121 Å². The second-order valence-electron chi connectivity index (χ2n) is 7.09. The molecule has 0 saturated carbocycles. The van der Waals surface area contributed by atoms with Crippen molar-refractivity contribution in [3.63, 3.8) is 0 Å². The maximum atomic E-state index is 4.56. The molecule has 110 valence electrons. The van der Waals surface area contributed by atoms with Crippen LogP contribution in [-0.4, -0.2) is 24.5 Å². The normalized spacial score (nSPS) is 12.9. The van der Waals surface area contributed by atoms with Crippen LogP contribution in [0.5, 0.6) is 0 Å². The van der Waals surface area contributed by atoms with Crippen LogP contribution < -0.4 is 0 Å². The van der Waals surface area contributed by atoms with Crippen molar-refractivity contribution >= 4 is 0 Å². The summed E-state index contributed by atoms with van der Waals surface area (Å²) in [5.74, 6) is 0.896. The number of aryl methyl sites for hydroxylation is 2. The van der Waals surface area contributed by atoms with E-state index in [1.54, 1.807) is 0 Å². The molecule has 0 aromatic carbocycles. The molecule has 0 N–H and O–H groups in total. The largest absolute Gasteiger partial charge is 0.276 e. The van der Waals surface area contributed by atoms with Gasteiger partial charge in [-0.3, -0.25) is 9.36 Å². The predicted molar refractivity (Wildman–Crippen MR) is 79.6 cm³/mol. The zero-order chi connectivity index (χ0) is 15.0. The molecular weight excluding hydrogens is 250 g/mol. The Balaban J connectivity index is 2.03. The molecule has 0 spiro atoms. The molecule has 2 aromatic rings. The van der Waals surface area contributed by atoms with Crippen molar-refractivity contribution in [2.45, 2.75) is 58.4 Å². The molecule has 0 aliphatic heterocycles. The smallest absolute Gasteiger partial charge is 0.155 e. The first-order valence-electron chi connectivity index (χ1n) is 7.08. The number of hydrogen-bond acceptors (Lipinski definition) is 3. The Morgan fingerprint density at radius 2 is 1.80 bits per heavy atom. The van der Waals surface area contributed by atoms with E-state index < -0.39 is 0 Å². The monoisotopic (exact) mass is 275 g/mol. The second-order valence-corrected chi connectivity index (χ2v) is 7.09. The summed E-state index contributed by atoms with van der Waals surface area (Å²) in [6.07, 6.45) is 4.80. The van der Waals surface area contributed by atoms with Gasteiger partial charge in [0.2, 0.25) is 0 Å². The van der Waals surface area contributed by atoms with Crippen molar-refractivity contribution in [1.82, 2.24) is 24.5 Å². The van der Waals surface area contributed by atoms with Gasteiger partial charge in [0.25, 0.3) is 0 Å². The van der Waals surface area contributed by atoms with Crippen molar-refractivity contribution in [2.75, 3.05) is 0 Å². The second kappa shape index (κ2) is 5.04. The lowest BCUT2D eigenvalue weighted by Crippen LogP contribution is -2.21. The first kappa shape index (κ1) is 14.8. The summed E-state index contributed by atoms with van der Waals surface area (Å²) in [5.41, 5.74) is 1.16. The van der Waals surface area contributed by atoms with Crippen molar-refractivity contribution in [3.05, 3.63) is 30.1 Å². The van der Waals surface area contributed by atoms with Crippen molar-refractivity contribution in [2.24, 2.45) is 7.05 Å². The summed E-state index contributed by atoms with van der Waals surface area (Å²) in [4.78, 5) is 4.40. The standard InChI is InChI=1S/C15H25N5/c1-14(2,3)13-16-11-20(18-13)10-8-15(4,5)12-7-9-19(6)17-12/h7,9,11H,8,10H2,1-6H3. The molecule has 0 unspecified atom stereocenters. The van der Waals surface area contributed by atoms with Crippen molar-refractivity contribution in [1.29, 1.82) is 0 Å². The molecule has 0 atom stereocenters. The molecule has 0 bridgehead atoms. The molecule has 0 aliphatic rings. The lowest BCUT2D eigenvalue weighted by atomic mass is 9.86. The Morgan fingerprint density at radius 1 is 1.10 bits per heavy atom. The highest BCUT2D eigenvalue weighted by molar-refractivity contribution is 5.11. The van der Waals surface area contributed by atoms with Gasteiger partial charge in [0.15, 0.2) is 5.82 Å². The molecule has 2 heterocycles. The van der Waals surface area contributed by atoms with E-state index in [0.29, 0.717) is 0 Å². The number of nitrogens with zero attached hydrogens (tertiary/aromatic N) is 5. The third-order valence-electron chi connectivity index (χ3n) is 3.58. The molecule has 5 heteroatoms. The molecule has 0 amide bonds. The van der Waals surface area contributed by atoms with Crippen LogP contribution in [-0.2, 0) is 24.4 Å². The molecule has 2 rings (SSSR count). The molecule has 0 aliphatic carbocycles. The van der Waals surface area contributed by atoms with E-state index in [9.17, 15) is 0 Å². The quantitative estimate of drug-likeness (QED) is 0.862. The van der Waals surface area contributed by atoms with Crippen LogP contribution >= 0.6 is 0 Å². The molecule has 0 fully saturated rings. The van der Waals surface area contributed by atoms with E-state index >= 15 is 0 Å².